The lowest BCUT2D eigenvalue weighted by molar-refractivity contribution is 0.473. The number of nitrogens with zero attached hydrogens (tertiary/aromatic N) is 2. The zero-order valence-electron chi connectivity index (χ0n) is 11.0. The van der Waals surface area contributed by atoms with Crippen molar-refractivity contribution in [2.24, 2.45) is 7.05 Å². The molecule has 0 spiro atoms. The summed E-state index contributed by atoms with van der Waals surface area (Å²) in [6.07, 6.45) is 3.08. The third kappa shape index (κ3) is 3.07. The molecule has 96 valence electrons. The molecule has 4 heteroatoms. The van der Waals surface area contributed by atoms with Crippen LogP contribution in [0.2, 0.25) is 0 Å². The SMILES string of the molecule is CCc1cn(C)nc1CSc1cc(C)cc(O)c1. The lowest BCUT2D eigenvalue weighted by atomic mass is 10.2. The summed E-state index contributed by atoms with van der Waals surface area (Å²) in [4.78, 5) is 1.08. The average molecular weight is 262 g/mol. The van der Waals surface area contributed by atoms with E-state index in [-0.39, 0.29) is 0 Å². The Balaban J connectivity index is 2.11. The third-order valence-electron chi connectivity index (χ3n) is 2.78. The highest BCUT2D eigenvalue weighted by molar-refractivity contribution is 7.98. The highest BCUT2D eigenvalue weighted by Gasteiger charge is 2.07. The molecule has 0 bridgehead atoms. The van der Waals surface area contributed by atoms with Crippen LogP contribution in [-0.4, -0.2) is 14.9 Å². The van der Waals surface area contributed by atoms with Gasteiger partial charge in [0.1, 0.15) is 5.75 Å². The van der Waals surface area contributed by atoms with Crippen molar-refractivity contribution in [3.8, 4) is 5.75 Å². The van der Waals surface area contributed by atoms with Gasteiger partial charge in [-0.05, 0) is 42.7 Å². The molecule has 1 aromatic carbocycles. The smallest absolute Gasteiger partial charge is 0.116 e. The van der Waals surface area contributed by atoms with Gasteiger partial charge in [-0.1, -0.05) is 6.92 Å². The Labute approximate surface area is 112 Å². The maximum Gasteiger partial charge on any atom is 0.116 e. The second-order valence-corrected chi connectivity index (χ2v) is 5.47. The van der Waals surface area contributed by atoms with Crippen LogP contribution in [0, 0.1) is 6.92 Å². The van der Waals surface area contributed by atoms with Crippen LogP contribution in [0.25, 0.3) is 0 Å². The number of benzene rings is 1. The van der Waals surface area contributed by atoms with Crippen molar-refractivity contribution >= 4 is 11.8 Å². The highest BCUT2D eigenvalue weighted by Crippen LogP contribution is 2.27. The number of phenols is 1. The zero-order valence-corrected chi connectivity index (χ0v) is 11.8. The number of hydrogen-bond donors (Lipinski definition) is 1. The fourth-order valence-corrected chi connectivity index (χ4v) is 2.98. The molecule has 1 aromatic heterocycles. The van der Waals surface area contributed by atoms with E-state index in [4.69, 9.17) is 0 Å². The molecule has 0 saturated carbocycles. The summed E-state index contributed by atoms with van der Waals surface area (Å²) in [5.74, 6) is 1.17. The van der Waals surface area contributed by atoms with Crippen molar-refractivity contribution in [3.05, 3.63) is 41.2 Å². The van der Waals surface area contributed by atoms with Gasteiger partial charge in [0.2, 0.25) is 0 Å². The molecule has 0 aliphatic carbocycles. The fraction of sp³-hybridized carbons (Fsp3) is 0.357. The summed E-state index contributed by atoms with van der Waals surface area (Å²) in [5, 5.41) is 14.0. The van der Waals surface area contributed by atoms with E-state index in [1.165, 1.54) is 5.56 Å². The molecule has 0 saturated heterocycles. The Morgan fingerprint density at radius 1 is 1.33 bits per heavy atom. The van der Waals surface area contributed by atoms with Crippen molar-refractivity contribution in [3.63, 3.8) is 0 Å². The minimum absolute atomic E-state index is 0.328. The van der Waals surface area contributed by atoms with E-state index in [0.717, 1.165) is 28.3 Å². The normalized spacial score (nSPS) is 10.8. The molecule has 0 radical (unpaired) electrons. The molecule has 1 heterocycles. The van der Waals surface area contributed by atoms with Gasteiger partial charge in [-0.15, -0.1) is 11.8 Å². The van der Waals surface area contributed by atoms with Crippen molar-refractivity contribution in [1.29, 1.82) is 0 Å². The standard InChI is InChI=1S/C14H18N2OS/c1-4-11-8-16(3)15-14(11)9-18-13-6-10(2)5-12(17)7-13/h5-8,17H,4,9H2,1-3H3. The molecule has 18 heavy (non-hydrogen) atoms. The Morgan fingerprint density at radius 2 is 2.11 bits per heavy atom. The number of thioether (sulfide) groups is 1. The van der Waals surface area contributed by atoms with Gasteiger partial charge >= 0.3 is 0 Å². The first-order chi connectivity index (χ1) is 8.58. The van der Waals surface area contributed by atoms with Gasteiger partial charge < -0.3 is 5.11 Å². The van der Waals surface area contributed by atoms with Crippen LogP contribution in [0.1, 0.15) is 23.7 Å². The number of phenolic OH excluding ortho intramolecular Hbond substituents is 1. The Morgan fingerprint density at radius 3 is 2.78 bits per heavy atom. The largest absolute Gasteiger partial charge is 0.508 e. The molecule has 3 nitrogen and oxygen atoms in total. The first kappa shape index (κ1) is 13.0. The number of hydrogen-bond acceptors (Lipinski definition) is 3. The predicted molar refractivity (Wildman–Crippen MR) is 75.0 cm³/mol. The molecule has 0 amide bonds. The summed E-state index contributed by atoms with van der Waals surface area (Å²) in [7, 11) is 1.95. The summed E-state index contributed by atoms with van der Waals surface area (Å²) >= 11 is 1.71. The Kier molecular flexibility index (Phi) is 3.97. The number of rotatable bonds is 4. The molecule has 0 aliphatic rings. The third-order valence-corrected chi connectivity index (χ3v) is 3.77. The van der Waals surface area contributed by atoms with E-state index in [0.29, 0.717) is 5.75 Å². The van der Waals surface area contributed by atoms with E-state index < -0.39 is 0 Å². The van der Waals surface area contributed by atoms with Crippen LogP contribution in [-0.2, 0) is 19.2 Å². The molecule has 0 unspecified atom stereocenters. The Hall–Kier alpha value is -1.42. The number of aromatic hydroxyl groups is 1. The topological polar surface area (TPSA) is 38.0 Å². The van der Waals surface area contributed by atoms with E-state index in [1.807, 2.05) is 18.7 Å². The van der Waals surface area contributed by atoms with Gasteiger partial charge in [0.05, 0.1) is 5.69 Å². The van der Waals surface area contributed by atoms with Crippen LogP contribution in [0.4, 0.5) is 0 Å². The maximum absolute atomic E-state index is 9.56. The van der Waals surface area contributed by atoms with Crippen LogP contribution >= 0.6 is 11.8 Å². The summed E-state index contributed by atoms with van der Waals surface area (Å²) < 4.78 is 1.86. The van der Waals surface area contributed by atoms with E-state index in [9.17, 15) is 5.11 Å². The summed E-state index contributed by atoms with van der Waals surface area (Å²) in [6, 6.07) is 5.65. The van der Waals surface area contributed by atoms with E-state index in [1.54, 1.807) is 23.9 Å². The molecule has 0 fully saturated rings. The van der Waals surface area contributed by atoms with Gasteiger partial charge in [0.25, 0.3) is 0 Å². The molecule has 2 rings (SSSR count). The highest BCUT2D eigenvalue weighted by atomic mass is 32.2. The van der Waals surface area contributed by atoms with Crippen LogP contribution < -0.4 is 0 Å². The second-order valence-electron chi connectivity index (χ2n) is 4.42. The first-order valence-corrected chi connectivity index (χ1v) is 7.02. The van der Waals surface area contributed by atoms with E-state index >= 15 is 0 Å². The molecular weight excluding hydrogens is 244 g/mol. The van der Waals surface area contributed by atoms with Gasteiger partial charge in [-0.25, -0.2) is 0 Å². The van der Waals surface area contributed by atoms with Gasteiger partial charge in [0, 0.05) is 23.9 Å². The van der Waals surface area contributed by atoms with Gasteiger partial charge in [-0.2, -0.15) is 5.10 Å². The lowest BCUT2D eigenvalue weighted by Gasteiger charge is -2.04. The minimum atomic E-state index is 0.328. The van der Waals surface area contributed by atoms with Crippen molar-refractivity contribution in [2.75, 3.05) is 0 Å². The number of aryl methyl sites for hydroxylation is 3. The predicted octanol–water partition coefficient (Wildman–Crippen LogP) is 3.29. The number of aromatic nitrogens is 2. The van der Waals surface area contributed by atoms with Crippen LogP contribution in [0.15, 0.2) is 29.3 Å². The molecule has 2 aromatic rings. The molecular formula is C14H18N2OS. The maximum atomic E-state index is 9.56. The quantitative estimate of drug-likeness (QED) is 0.859. The van der Waals surface area contributed by atoms with Crippen LogP contribution in [0.3, 0.4) is 0 Å². The van der Waals surface area contributed by atoms with Crippen molar-refractivity contribution < 1.29 is 5.11 Å². The van der Waals surface area contributed by atoms with Crippen molar-refractivity contribution in [2.45, 2.75) is 30.9 Å². The fourth-order valence-electron chi connectivity index (χ4n) is 1.96. The molecule has 1 N–H and O–H groups in total. The first-order valence-electron chi connectivity index (χ1n) is 6.03. The zero-order chi connectivity index (χ0) is 13.1. The average Bonchev–Trinajstić information content (AvgIpc) is 2.66. The molecule has 0 aliphatic heterocycles. The minimum Gasteiger partial charge on any atom is -0.508 e. The Bertz CT molecular complexity index is 528. The van der Waals surface area contributed by atoms with E-state index in [2.05, 4.69) is 24.3 Å². The second kappa shape index (κ2) is 5.48. The van der Waals surface area contributed by atoms with Crippen molar-refractivity contribution in [1.82, 2.24) is 9.78 Å². The van der Waals surface area contributed by atoms with Gasteiger partial charge in [0.15, 0.2) is 0 Å². The summed E-state index contributed by atoms with van der Waals surface area (Å²) in [5.41, 5.74) is 3.50. The van der Waals surface area contributed by atoms with Gasteiger partial charge in [-0.3, -0.25) is 4.68 Å². The molecule has 0 atom stereocenters. The summed E-state index contributed by atoms with van der Waals surface area (Å²) in [6.45, 7) is 4.13. The monoisotopic (exact) mass is 262 g/mol. The lowest BCUT2D eigenvalue weighted by Crippen LogP contribution is -1.90. The van der Waals surface area contributed by atoms with Crippen LogP contribution in [0.5, 0.6) is 5.75 Å².